The zero-order valence-corrected chi connectivity index (χ0v) is 16.9. The monoisotopic (exact) mass is 396 g/mol. The predicted molar refractivity (Wildman–Crippen MR) is 107 cm³/mol. The molecule has 0 amide bonds. The summed E-state index contributed by atoms with van der Waals surface area (Å²) >= 11 is 0. The number of aromatic nitrogens is 4. The summed E-state index contributed by atoms with van der Waals surface area (Å²) < 4.78 is 26.9. The van der Waals surface area contributed by atoms with Crippen LogP contribution in [-0.2, 0) is 16.8 Å². The van der Waals surface area contributed by atoms with Gasteiger partial charge in [0.05, 0.1) is 18.8 Å². The third-order valence-electron chi connectivity index (χ3n) is 4.98. The van der Waals surface area contributed by atoms with Gasteiger partial charge in [-0.1, -0.05) is 32.9 Å². The van der Waals surface area contributed by atoms with Crippen molar-refractivity contribution in [2.45, 2.75) is 45.3 Å². The zero-order valence-electron chi connectivity index (χ0n) is 16.9. The molecule has 0 aliphatic carbocycles. The minimum atomic E-state index is -0.406. The van der Waals surface area contributed by atoms with Crippen LogP contribution in [0, 0.1) is 5.82 Å². The maximum atomic E-state index is 13.7. The summed E-state index contributed by atoms with van der Waals surface area (Å²) in [6.07, 6.45) is 3.61. The van der Waals surface area contributed by atoms with Crippen molar-refractivity contribution in [1.82, 2.24) is 19.7 Å². The molecule has 0 saturated carbocycles. The Labute approximate surface area is 169 Å². The summed E-state index contributed by atoms with van der Waals surface area (Å²) in [5.41, 5.74) is 1.93. The molecule has 1 fully saturated rings. The SMILES string of the molecule is CC(C)(C)c1ccc(OCc2nc(-c3cncc(F)c3)n(C3CCOC3)n2)cc1. The Morgan fingerprint density at radius 1 is 1.21 bits per heavy atom. The second-order valence-electron chi connectivity index (χ2n) is 8.27. The summed E-state index contributed by atoms with van der Waals surface area (Å²) in [6, 6.07) is 9.54. The number of benzene rings is 1. The van der Waals surface area contributed by atoms with Crippen molar-refractivity contribution < 1.29 is 13.9 Å². The van der Waals surface area contributed by atoms with E-state index in [1.165, 1.54) is 17.8 Å². The first-order chi connectivity index (χ1) is 13.9. The Balaban J connectivity index is 1.55. The summed E-state index contributed by atoms with van der Waals surface area (Å²) in [4.78, 5) is 8.54. The fourth-order valence-corrected chi connectivity index (χ4v) is 3.33. The van der Waals surface area contributed by atoms with Gasteiger partial charge < -0.3 is 9.47 Å². The second kappa shape index (κ2) is 7.91. The lowest BCUT2D eigenvalue weighted by Gasteiger charge is -2.19. The average molecular weight is 396 g/mol. The molecular weight excluding hydrogens is 371 g/mol. The molecule has 4 rings (SSSR count). The standard InChI is InChI=1S/C22H25FN4O2/c1-22(2,3)16-4-6-19(7-5-16)29-14-20-25-21(15-10-17(23)12-24-11-15)27(26-20)18-8-9-28-13-18/h4-7,10-12,18H,8-9,13-14H2,1-3H3. The van der Waals surface area contributed by atoms with E-state index < -0.39 is 5.82 Å². The lowest BCUT2D eigenvalue weighted by Crippen LogP contribution is -2.12. The minimum absolute atomic E-state index is 0.0700. The molecule has 1 aliphatic rings. The lowest BCUT2D eigenvalue weighted by atomic mass is 9.87. The van der Waals surface area contributed by atoms with E-state index in [1.807, 2.05) is 16.8 Å². The van der Waals surface area contributed by atoms with Crippen LogP contribution in [0.15, 0.2) is 42.7 Å². The van der Waals surface area contributed by atoms with Gasteiger partial charge in [0, 0.05) is 18.4 Å². The van der Waals surface area contributed by atoms with Gasteiger partial charge >= 0.3 is 0 Å². The van der Waals surface area contributed by atoms with Crippen LogP contribution in [0.1, 0.15) is 44.6 Å². The van der Waals surface area contributed by atoms with Crippen LogP contribution in [0.5, 0.6) is 5.75 Å². The maximum Gasteiger partial charge on any atom is 0.188 e. The normalized spacial score (nSPS) is 16.9. The first-order valence-corrected chi connectivity index (χ1v) is 9.77. The van der Waals surface area contributed by atoms with E-state index >= 15 is 0 Å². The first kappa shape index (κ1) is 19.5. The largest absolute Gasteiger partial charge is 0.486 e. The van der Waals surface area contributed by atoms with Gasteiger partial charge in [0.15, 0.2) is 11.6 Å². The lowest BCUT2D eigenvalue weighted by molar-refractivity contribution is 0.184. The molecule has 6 nitrogen and oxygen atoms in total. The maximum absolute atomic E-state index is 13.7. The minimum Gasteiger partial charge on any atom is -0.486 e. The highest BCUT2D eigenvalue weighted by Gasteiger charge is 2.24. The topological polar surface area (TPSA) is 62.1 Å². The molecule has 2 aromatic heterocycles. The van der Waals surface area contributed by atoms with Crippen LogP contribution >= 0.6 is 0 Å². The fraction of sp³-hybridized carbons (Fsp3) is 0.409. The molecule has 1 aliphatic heterocycles. The van der Waals surface area contributed by atoms with Crippen LogP contribution in [0.4, 0.5) is 4.39 Å². The van der Waals surface area contributed by atoms with Crippen LogP contribution in [0.3, 0.4) is 0 Å². The van der Waals surface area contributed by atoms with Crippen molar-refractivity contribution in [3.63, 3.8) is 0 Å². The van der Waals surface area contributed by atoms with Crippen LogP contribution in [-0.4, -0.2) is 33.0 Å². The zero-order chi connectivity index (χ0) is 20.4. The molecule has 0 spiro atoms. The molecule has 3 aromatic rings. The van der Waals surface area contributed by atoms with Crippen molar-refractivity contribution in [3.05, 3.63) is 59.9 Å². The Kier molecular flexibility index (Phi) is 5.32. The third-order valence-corrected chi connectivity index (χ3v) is 4.98. The summed E-state index contributed by atoms with van der Waals surface area (Å²) in [5, 5.41) is 4.62. The predicted octanol–water partition coefficient (Wildman–Crippen LogP) is 4.32. The molecule has 0 radical (unpaired) electrons. The number of halogens is 1. The van der Waals surface area contributed by atoms with E-state index in [0.717, 1.165) is 12.2 Å². The van der Waals surface area contributed by atoms with Gasteiger partial charge in [-0.25, -0.2) is 14.1 Å². The third kappa shape index (κ3) is 4.45. The van der Waals surface area contributed by atoms with Crippen molar-refractivity contribution in [2.75, 3.05) is 13.2 Å². The molecule has 1 aromatic carbocycles. The van der Waals surface area contributed by atoms with E-state index in [4.69, 9.17) is 9.47 Å². The van der Waals surface area contributed by atoms with Gasteiger partial charge in [-0.05, 0) is 35.6 Å². The average Bonchev–Trinajstić information content (AvgIpc) is 3.36. The summed E-state index contributed by atoms with van der Waals surface area (Å²) in [7, 11) is 0. The quantitative estimate of drug-likeness (QED) is 0.643. The Hall–Kier alpha value is -2.80. The molecule has 1 saturated heterocycles. The molecule has 1 unspecified atom stereocenters. The molecule has 3 heterocycles. The number of ether oxygens (including phenoxy) is 2. The van der Waals surface area contributed by atoms with Crippen LogP contribution < -0.4 is 4.74 Å². The Morgan fingerprint density at radius 3 is 2.66 bits per heavy atom. The van der Waals surface area contributed by atoms with E-state index in [1.54, 1.807) is 6.20 Å². The van der Waals surface area contributed by atoms with E-state index in [9.17, 15) is 4.39 Å². The molecule has 0 bridgehead atoms. The molecule has 1 atom stereocenters. The molecular formula is C22H25FN4O2. The molecule has 7 heteroatoms. The Morgan fingerprint density at radius 2 is 2.00 bits per heavy atom. The molecule has 29 heavy (non-hydrogen) atoms. The van der Waals surface area contributed by atoms with Gasteiger partial charge in [0.1, 0.15) is 18.2 Å². The van der Waals surface area contributed by atoms with Gasteiger partial charge in [-0.3, -0.25) is 4.98 Å². The highest BCUT2D eigenvalue weighted by molar-refractivity contribution is 5.53. The van der Waals surface area contributed by atoms with Gasteiger partial charge in [0.25, 0.3) is 0 Å². The number of nitrogens with zero attached hydrogens (tertiary/aromatic N) is 4. The smallest absolute Gasteiger partial charge is 0.188 e. The first-order valence-electron chi connectivity index (χ1n) is 9.77. The van der Waals surface area contributed by atoms with Crippen LogP contribution in [0.25, 0.3) is 11.4 Å². The molecule has 152 valence electrons. The highest BCUT2D eigenvalue weighted by Crippen LogP contribution is 2.27. The van der Waals surface area contributed by atoms with E-state index in [-0.39, 0.29) is 18.1 Å². The highest BCUT2D eigenvalue weighted by atomic mass is 19.1. The van der Waals surface area contributed by atoms with E-state index in [2.05, 4.69) is 48.0 Å². The van der Waals surface area contributed by atoms with Crippen molar-refractivity contribution in [3.8, 4) is 17.1 Å². The fourth-order valence-electron chi connectivity index (χ4n) is 3.33. The summed E-state index contributed by atoms with van der Waals surface area (Å²) in [5.74, 6) is 1.47. The van der Waals surface area contributed by atoms with Crippen molar-refractivity contribution in [2.24, 2.45) is 0 Å². The number of rotatable bonds is 5. The van der Waals surface area contributed by atoms with Gasteiger partial charge in [-0.15, -0.1) is 0 Å². The van der Waals surface area contributed by atoms with Gasteiger partial charge in [0.2, 0.25) is 0 Å². The van der Waals surface area contributed by atoms with E-state index in [0.29, 0.717) is 30.4 Å². The number of pyridine rings is 1. The number of hydrogen-bond acceptors (Lipinski definition) is 5. The van der Waals surface area contributed by atoms with Gasteiger partial charge in [-0.2, -0.15) is 5.10 Å². The number of hydrogen-bond donors (Lipinski definition) is 0. The van der Waals surface area contributed by atoms with Crippen LogP contribution in [0.2, 0.25) is 0 Å². The van der Waals surface area contributed by atoms with Crippen molar-refractivity contribution >= 4 is 0 Å². The summed E-state index contributed by atoms with van der Waals surface area (Å²) in [6.45, 7) is 8.00. The Bertz CT molecular complexity index is 973. The van der Waals surface area contributed by atoms with Crippen molar-refractivity contribution in [1.29, 1.82) is 0 Å². The molecule has 0 N–H and O–H groups in total. The second-order valence-corrected chi connectivity index (χ2v) is 8.27.